The van der Waals surface area contributed by atoms with E-state index in [1.54, 1.807) is 0 Å². The minimum atomic E-state index is -2.55. The Bertz CT molecular complexity index is 1190. The molecular formula is C26H25F2N3. The Morgan fingerprint density at radius 2 is 1.52 bits per heavy atom. The molecule has 0 radical (unpaired) electrons. The molecule has 2 heterocycles. The average Bonchev–Trinajstić information content (AvgIpc) is 3.13. The first-order valence-corrected chi connectivity index (χ1v) is 10.7. The molecule has 3 nitrogen and oxygen atoms in total. The van der Waals surface area contributed by atoms with E-state index in [1.807, 2.05) is 30.0 Å². The largest absolute Gasteiger partial charge is 0.342 e. The molecule has 5 rings (SSSR count). The van der Waals surface area contributed by atoms with Crippen molar-refractivity contribution in [2.24, 2.45) is 0 Å². The molecule has 31 heavy (non-hydrogen) atoms. The summed E-state index contributed by atoms with van der Waals surface area (Å²) >= 11 is 0. The van der Waals surface area contributed by atoms with Crippen molar-refractivity contribution in [1.82, 2.24) is 14.9 Å². The maximum Gasteiger partial charge on any atom is 0.260 e. The summed E-state index contributed by atoms with van der Waals surface area (Å²) in [5.74, 6) is -1.64. The zero-order valence-corrected chi connectivity index (χ0v) is 17.5. The van der Waals surface area contributed by atoms with Crippen LogP contribution in [0.3, 0.4) is 0 Å². The number of nitrogens with one attached hydrogen (secondary N) is 1. The van der Waals surface area contributed by atoms with Crippen molar-refractivity contribution in [2.45, 2.75) is 32.2 Å². The molecule has 0 amide bonds. The minimum Gasteiger partial charge on any atom is -0.342 e. The van der Waals surface area contributed by atoms with E-state index in [1.165, 1.54) is 0 Å². The fourth-order valence-corrected chi connectivity index (χ4v) is 4.41. The number of H-pyrrole nitrogens is 1. The second-order valence-electron chi connectivity index (χ2n) is 8.50. The first kappa shape index (κ1) is 19.9. The van der Waals surface area contributed by atoms with Crippen LogP contribution in [0.4, 0.5) is 8.78 Å². The number of aromatic amines is 1. The molecule has 158 valence electrons. The molecule has 0 bridgehead atoms. The zero-order chi connectivity index (χ0) is 21.4. The number of rotatable bonds is 4. The number of aromatic nitrogens is 2. The number of imidazole rings is 1. The van der Waals surface area contributed by atoms with Gasteiger partial charge in [0.15, 0.2) is 0 Å². The molecule has 0 saturated carbocycles. The first-order chi connectivity index (χ1) is 14.9. The number of alkyl halides is 2. The number of aryl methyl sites for hydroxylation is 1. The Hall–Kier alpha value is -3.05. The van der Waals surface area contributed by atoms with Gasteiger partial charge in [0, 0.05) is 13.0 Å². The van der Waals surface area contributed by atoms with Gasteiger partial charge in [0.05, 0.1) is 17.6 Å². The van der Waals surface area contributed by atoms with Crippen LogP contribution in [0.15, 0.2) is 66.7 Å². The highest BCUT2D eigenvalue weighted by Crippen LogP contribution is 2.29. The lowest BCUT2D eigenvalue weighted by Gasteiger charge is -2.32. The highest BCUT2D eigenvalue weighted by atomic mass is 19.3. The van der Waals surface area contributed by atoms with Crippen molar-refractivity contribution >= 4 is 11.0 Å². The Labute approximate surface area is 180 Å². The molecule has 4 aromatic rings. The number of hydrogen-bond donors (Lipinski definition) is 1. The Morgan fingerprint density at radius 1 is 0.903 bits per heavy atom. The van der Waals surface area contributed by atoms with E-state index in [4.69, 9.17) is 0 Å². The lowest BCUT2D eigenvalue weighted by molar-refractivity contribution is -0.0661. The van der Waals surface area contributed by atoms with Crippen LogP contribution >= 0.6 is 0 Å². The van der Waals surface area contributed by atoms with E-state index in [2.05, 4.69) is 58.5 Å². The van der Waals surface area contributed by atoms with Crippen molar-refractivity contribution in [3.8, 4) is 22.3 Å². The molecule has 1 aliphatic heterocycles. The van der Waals surface area contributed by atoms with Gasteiger partial charge in [-0.15, -0.1) is 0 Å². The van der Waals surface area contributed by atoms with E-state index in [-0.39, 0.29) is 13.0 Å². The molecule has 5 heteroatoms. The Balaban J connectivity index is 1.30. The lowest BCUT2D eigenvalue weighted by Crippen LogP contribution is -2.41. The lowest BCUT2D eigenvalue weighted by atomic mass is 9.99. The van der Waals surface area contributed by atoms with Gasteiger partial charge < -0.3 is 4.98 Å². The van der Waals surface area contributed by atoms with Crippen LogP contribution in [0.2, 0.25) is 0 Å². The summed E-state index contributed by atoms with van der Waals surface area (Å²) in [4.78, 5) is 9.60. The van der Waals surface area contributed by atoms with Crippen molar-refractivity contribution in [2.75, 3.05) is 13.1 Å². The normalized spacial score (nSPS) is 16.6. The number of piperidine rings is 1. The average molecular weight is 418 g/mol. The Kier molecular flexibility index (Phi) is 5.06. The van der Waals surface area contributed by atoms with Gasteiger partial charge in [-0.05, 0) is 59.8 Å². The highest BCUT2D eigenvalue weighted by molar-refractivity contribution is 5.82. The van der Waals surface area contributed by atoms with Gasteiger partial charge in [0.25, 0.3) is 5.92 Å². The van der Waals surface area contributed by atoms with Crippen molar-refractivity contribution < 1.29 is 8.78 Å². The third kappa shape index (κ3) is 4.37. The SMILES string of the molecule is Cc1nc2ccc(-c3ccc(-c4ccc(CN5CCCC(F)(F)C5)cc4)cc3)cc2[nH]1. The van der Waals surface area contributed by atoms with E-state index in [0.717, 1.165) is 51.2 Å². The maximum atomic E-state index is 13.6. The number of fused-ring (bicyclic) bond motifs is 1. The third-order valence-corrected chi connectivity index (χ3v) is 5.98. The van der Waals surface area contributed by atoms with Gasteiger partial charge in [0.1, 0.15) is 5.82 Å². The number of halogens is 2. The van der Waals surface area contributed by atoms with Gasteiger partial charge in [0.2, 0.25) is 0 Å². The van der Waals surface area contributed by atoms with Crippen LogP contribution in [0.1, 0.15) is 24.2 Å². The van der Waals surface area contributed by atoms with Crippen LogP contribution in [-0.4, -0.2) is 33.9 Å². The van der Waals surface area contributed by atoms with Crippen LogP contribution in [0, 0.1) is 6.92 Å². The van der Waals surface area contributed by atoms with Crippen LogP contribution < -0.4 is 0 Å². The molecule has 1 fully saturated rings. The van der Waals surface area contributed by atoms with E-state index < -0.39 is 5.92 Å². The van der Waals surface area contributed by atoms with E-state index >= 15 is 0 Å². The fourth-order valence-electron chi connectivity index (χ4n) is 4.41. The van der Waals surface area contributed by atoms with E-state index in [0.29, 0.717) is 13.0 Å². The summed E-state index contributed by atoms with van der Waals surface area (Å²) < 4.78 is 27.3. The van der Waals surface area contributed by atoms with Gasteiger partial charge in [-0.2, -0.15) is 0 Å². The second kappa shape index (κ2) is 7.89. The number of likely N-dealkylation sites (tertiary alicyclic amines) is 1. The summed E-state index contributed by atoms with van der Waals surface area (Å²) in [6.07, 6.45) is 0.568. The summed E-state index contributed by atoms with van der Waals surface area (Å²) in [5.41, 5.74) is 7.66. The minimum absolute atomic E-state index is 0.00776. The van der Waals surface area contributed by atoms with Crippen molar-refractivity contribution in [3.05, 3.63) is 78.1 Å². The topological polar surface area (TPSA) is 31.9 Å². The van der Waals surface area contributed by atoms with E-state index in [9.17, 15) is 8.78 Å². The van der Waals surface area contributed by atoms with Crippen LogP contribution in [-0.2, 0) is 6.54 Å². The molecule has 1 N–H and O–H groups in total. The monoisotopic (exact) mass is 417 g/mol. The molecule has 1 aromatic heterocycles. The van der Waals surface area contributed by atoms with Crippen molar-refractivity contribution in [3.63, 3.8) is 0 Å². The standard InChI is InChI=1S/C26H25F2N3/c1-18-29-24-12-11-23(15-25(24)30-18)22-9-7-21(8-10-22)20-5-3-19(4-6-20)16-31-14-2-13-26(27,28)17-31/h3-12,15H,2,13-14,16-17H2,1H3,(H,29,30). The molecule has 0 unspecified atom stereocenters. The summed E-state index contributed by atoms with van der Waals surface area (Å²) in [5, 5.41) is 0. The van der Waals surface area contributed by atoms with Gasteiger partial charge >= 0.3 is 0 Å². The summed E-state index contributed by atoms with van der Waals surface area (Å²) in [6.45, 7) is 3.13. The molecule has 0 aliphatic carbocycles. The molecule has 3 aromatic carbocycles. The number of hydrogen-bond acceptors (Lipinski definition) is 2. The highest BCUT2D eigenvalue weighted by Gasteiger charge is 2.34. The zero-order valence-electron chi connectivity index (χ0n) is 17.5. The fraction of sp³-hybridized carbons (Fsp3) is 0.269. The molecule has 0 spiro atoms. The molecule has 1 saturated heterocycles. The Morgan fingerprint density at radius 3 is 2.19 bits per heavy atom. The third-order valence-electron chi connectivity index (χ3n) is 5.98. The summed E-state index contributed by atoms with van der Waals surface area (Å²) in [6, 6.07) is 23.0. The van der Waals surface area contributed by atoms with Crippen LogP contribution in [0.25, 0.3) is 33.3 Å². The molecule has 1 aliphatic rings. The maximum absolute atomic E-state index is 13.6. The predicted molar refractivity (Wildman–Crippen MR) is 121 cm³/mol. The number of nitrogens with zero attached hydrogens (tertiary/aromatic N) is 2. The quantitative estimate of drug-likeness (QED) is 0.415. The predicted octanol–water partition coefficient (Wildman–Crippen LogP) is 6.44. The first-order valence-electron chi connectivity index (χ1n) is 10.7. The van der Waals surface area contributed by atoms with Gasteiger partial charge in [-0.3, -0.25) is 4.90 Å². The molecule has 0 atom stereocenters. The number of benzene rings is 3. The molecular weight excluding hydrogens is 392 g/mol. The van der Waals surface area contributed by atoms with Crippen LogP contribution in [0.5, 0.6) is 0 Å². The van der Waals surface area contributed by atoms with Gasteiger partial charge in [-0.25, -0.2) is 13.8 Å². The smallest absolute Gasteiger partial charge is 0.260 e. The second-order valence-corrected chi connectivity index (χ2v) is 8.50. The van der Waals surface area contributed by atoms with Crippen molar-refractivity contribution in [1.29, 1.82) is 0 Å². The van der Waals surface area contributed by atoms with Gasteiger partial charge in [-0.1, -0.05) is 54.6 Å². The summed E-state index contributed by atoms with van der Waals surface area (Å²) in [7, 11) is 0.